The third-order valence-corrected chi connectivity index (χ3v) is 7.40. The molecule has 1 unspecified atom stereocenters. The first-order valence-corrected chi connectivity index (χ1v) is 12.4. The van der Waals surface area contributed by atoms with Crippen molar-refractivity contribution in [1.82, 2.24) is 15.0 Å². The molecular weight excluding hydrogens is 448 g/mol. The fourth-order valence-electron chi connectivity index (χ4n) is 3.99. The molecule has 0 spiro atoms. The molecule has 1 amide bonds. The number of rotatable bonds is 8. The molecular formula is C26H28N4O3S. The van der Waals surface area contributed by atoms with Gasteiger partial charge in [0.25, 0.3) is 5.91 Å². The zero-order valence-electron chi connectivity index (χ0n) is 19.4. The molecule has 4 aromatic rings. The van der Waals surface area contributed by atoms with E-state index in [0.717, 1.165) is 27.7 Å². The topological polar surface area (TPSA) is 94.3 Å². The number of amides is 1. The lowest BCUT2D eigenvalue weighted by Crippen LogP contribution is -2.29. The third-order valence-electron chi connectivity index (χ3n) is 5.97. The number of H-pyrrole nitrogens is 1. The lowest BCUT2D eigenvalue weighted by atomic mass is 9.90. The van der Waals surface area contributed by atoms with Gasteiger partial charge in [-0.2, -0.15) is 0 Å². The average Bonchev–Trinajstić information content (AvgIpc) is 3.28. The van der Waals surface area contributed by atoms with Crippen LogP contribution in [0.1, 0.15) is 27.4 Å². The van der Waals surface area contributed by atoms with E-state index in [-0.39, 0.29) is 16.7 Å². The molecule has 8 heteroatoms. The van der Waals surface area contributed by atoms with Gasteiger partial charge in [0, 0.05) is 54.9 Å². The van der Waals surface area contributed by atoms with Crippen LogP contribution in [0.15, 0.2) is 83.9 Å². The van der Waals surface area contributed by atoms with E-state index < -0.39 is 10.0 Å². The van der Waals surface area contributed by atoms with Crippen LogP contribution in [0.25, 0.3) is 10.9 Å². The summed E-state index contributed by atoms with van der Waals surface area (Å²) in [6, 6.07) is 22.3. The molecule has 1 aromatic heterocycles. The molecule has 176 valence electrons. The van der Waals surface area contributed by atoms with Crippen molar-refractivity contribution in [2.75, 3.05) is 32.6 Å². The van der Waals surface area contributed by atoms with Gasteiger partial charge in [0.15, 0.2) is 0 Å². The number of hydrogen-bond acceptors (Lipinski definition) is 4. The van der Waals surface area contributed by atoms with Gasteiger partial charge in [0.05, 0.1) is 4.90 Å². The number of nitrogens with zero attached hydrogens (tertiary/aromatic N) is 1. The fraction of sp³-hybridized carbons (Fsp3) is 0.192. The molecule has 3 aromatic carbocycles. The molecule has 1 atom stereocenters. The van der Waals surface area contributed by atoms with Crippen LogP contribution < -0.4 is 14.9 Å². The number of benzene rings is 3. The molecule has 0 saturated carbocycles. The second-order valence-electron chi connectivity index (χ2n) is 8.27. The van der Waals surface area contributed by atoms with Gasteiger partial charge in [0.2, 0.25) is 10.0 Å². The number of hydrogen-bond donors (Lipinski definition) is 3. The lowest BCUT2D eigenvalue weighted by molar-refractivity contribution is 0.0952. The van der Waals surface area contributed by atoms with E-state index in [1.807, 2.05) is 43.4 Å². The van der Waals surface area contributed by atoms with Crippen LogP contribution in [0.3, 0.4) is 0 Å². The van der Waals surface area contributed by atoms with E-state index in [0.29, 0.717) is 12.1 Å². The largest absolute Gasteiger partial charge is 0.378 e. The van der Waals surface area contributed by atoms with Crippen LogP contribution in [-0.4, -0.2) is 47.0 Å². The quantitative estimate of drug-likeness (QED) is 0.361. The van der Waals surface area contributed by atoms with Gasteiger partial charge >= 0.3 is 0 Å². The maximum absolute atomic E-state index is 12.9. The molecule has 4 rings (SSSR count). The van der Waals surface area contributed by atoms with E-state index in [4.69, 9.17) is 0 Å². The van der Waals surface area contributed by atoms with E-state index in [1.54, 1.807) is 0 Å². The predicted molar refractivity (Wildman–Crippen MR) is 136 cm³/mol. The van der Waals surface area contributed by atoms with Gasteiger partial charge in [-0.15, -0.1) is 0 Å². The summed E-state index contributed by atoms with van der Waals surface area (Å²) in [4.78, 5) is 18.4. The van der Waals surface area contributed by atoms with Gasteiger partial charge in [-0.1, -0.05) is 30.3 Å². The Labute approximate surface area is 199 Å². The number of aromatic amines is 1. The molecule has 0 aliphatic heterocycles. The van der Waals surface area contributed by atoms with E-state index in [9.17, 15) is 13.2 Å². The van der Waals surface area contributed by atoms with Crippen molar-refractivity contribution in [3.05, 3.63) is 95.7 Å². The van der Waals surface area contributed by atoms with Crippen molar-refractivity contribution in [2.45, 2.75) is 10.8 Å². The molecule has 7 nitrogen and oxygen atoms in total. The van der Waals surface area contributed by atoms with Gasteiger partial charge in [-0.05, 0) is 60.6 Å². The first kappa shape index (κ1) is 23.5. The summed E-state index contributed by atoms with van der Waals surface area (Å²) in [7, 11) is 1.80. The van der Waals surface area contributed by atoms with Crippen molar-refractivity contribution in [1.29, 1.82) is 0 Å². The van der Waals surface area contributed by atoms with Gasteiger partial charge in [0.1, 0.15) is 0 Å². The summed E-state index contributed by atoms with van der Waals surface area (Å²) in [6.45, 7) is 0.387. The summed E-state index contributed by atoms with van der Waals surface area (Å²) in [5.74, 6) is -0.330. The zero-order valence-corrected chi connectivity index (χ0v) is 20.2. The highest BCUT2D eigenvalue weighted by molar-refractivity contribution is 7.89. The van der Waals surface area contributed by atoms with Crippen molar-refractivity contribution >= 4 is 32.5 Å². The number of sulfonamides is 1. The van der Waals surface area contributed by atoms with Gasteiger partial charge in [-0.25, -0.2) is 13.1 Å². The number of carbonyl (C=O) groups excluding carboxylic acids is 1. The molecule has 1 heterocycles. The minimum atomic E-state index is -3.55. The summed E-state index contributed by atoms with van der Waals surface area (Å²) >= 11 is 0. The smallest absolute Gasteiger partial charge is 0.251 e. The summed E-state index contributed by atoms with van der Waals surface area (Å²) < 4.78 is 26.2. The van der Waals surface area contributed by atoms with Crippen molar-refractivity contribution in [3.63, 3.8) is 0 Å². The Hall–Kier alpha value is -3.62. The second-order valence-corrected chi connectivity index (χ2v) is 10.2. The summed E-state index contributed by atoms with van der Waals surface area (Å²) in [6.07, 6.45) is 2.00. The van der Waals surface area contributed by atoms with Crippen LogP contribution >= 0.6 is 0 Å². The first-order valence-electron chi connectivity index (χ1n) is 11.0. The van der Waals surface area contributed by atoms with Crippen LogP contribution in [0.4, 0.5) is 5.69 Å². The monoisotopic (exact) mass is 476 g/mol. The number of carbonyl (C=O) groups is 1. The number of para-hydroxylation sites is 1. The van der Waals surface area contributed by atoms with Crippen LogP contribution in [-0.2, 0) is 10.0 Å². The minimum Gasteiger partial charge on any atom is -0.378 e. The maximum Gasteiger partial charge on any atom is 0.251 e. The second kappa shape index (κ2) is 9.70. The lowest BCUT2D eigenvalue weighted by Gasteiger charge is -2.20. The molecule has 0 aliphatic carbocycles. The normalized spacial score (nSPS) is 12.4. The maximum atomic E-state index is 12.9. The molecule has 0 bridgehead atoms. The van der Waals surface area contributed by atoms with Crippen molar-refractivity contribution in [3.8, 4) is 0 Å². The zero-order chi connectivity index (χ0) is 24.3. The Kier molecular flexibility index (Phi) is 6.72. The Morgan fingerprint density at radius 3 is 2.29 bits per heavy atom. The Morgan fingerprint density at radius 1 is 0.971 bits per heavy atom. The highest BCUT2D eigenvalue weighted by atomic mass is 32.2. The van der Waals surface area contributed by atoms with E-state index >= 15 is 0 Å². The Bertz CT molecular complexity index is 1390. The Morgan fingerprint density at radius 2 is 1.65 bits per heavy atom. The van der Waals surface area contributed by atoms with E-state index in [2.05, 4.69) is 45.4 Å². The average molecular weight is 477 g/mol. The number of fused-ring (bicyclic) bond motifs is 1. The first-order chi connectivity index (χ1) is 16.3. The number of anilines is 1. The highest BCUT2D eigenvalue weighted by Gasteiger charge is 2.20. The fourth-order valence-corrected chi connectivity index (χ4v) is 4.72. The summed E-state index contributed by atoms with van der Waals surface area (Å²) in [5.41, 5.74) is 4.73. The molecule has 0 radical (unpaired) electrons. The van der Waals surface area contributed by atoms with E-state index in [1.165, 1.54) is 31.3 Å². The SMILES string of the molecule is CNS(=O)(=O)c1ccc(C(=O)NCC(c2ccc(N(C)C)cc2)c2c[nH]c3ccccc23)cc1. The van der Waals surface area contributed by atoms with Gasteiger partial charge < -0.3 is 15.2 Å². The third kappa shape index (κ3) is 4.83. The van der Waals surface area contributed by atoms with Crippen LogP contribution in [0, 0.1) is 0 Å². The van der Waals surface area contributed by atoms with Crippen molar-refractivity contribution < 1.29 is 13.2 Å². The van der Waals surface area contributed by atoms with Gasteiger partial charge in [-0.3, -0.25) is 4.79 Å². The molecule has 0 aliphatic rings. The highest BCUT2D eigenvalue weighted by Crippen LogP contribution is 2.31. The number of aromatic nitrogens is 1. The molecule has 0 saturated heterocycles. The Balaban J connectivity index is 1.60. The van der Waals surface area contributed by atoms with Crippen molar-refractivity contribution in [2.24, 2.45) is 0 Å². The molecule has 3 N–H and O–H groups in total. The molecule has 0 fully saturated rings. The van der Waals surface area contributed by atoms with Crippen LogP contribution in [0.5, 0.6) is 0 Å². The predicted octanol–water partition coefficient (Wildman–Crippen LogP) is 3.70. The standard InChI is InChI=1S/C26H28N4O3S/c1-27-34(32,33)21-14-10-19(11-15-21)26(31)29-16-23(18-8-12-20(13-9-18)30(2)3)24-17-28-25-7-5-4-6-22(24)25/h4-15,17,23,27-28H,16H2,1-3H3,(H,29,31). The number of nitrogens with one attached hydrogen (secondary N) is 3. The van der Waals surface area contributed by atoms with Crippen LogP contribution in [0.2, 0.25) is 0 Å². The minimum absolute atomic E-state index is 0.0692. The molecule has 34 heavy (non-hydrogen) atoms. The summed E-state index contributed by atoms with van der Waals surface area (Å²) in [5, 5.41) is 4.14.